The molecule has 0 saturated carbocycles. The number of hydrogen-bond acceptors (Lipinski definition) is 3. The van der Waals surface area contributed by atoms with Crippen LogP contribution in [0.15, 0.2) is 24.3 Å². The Labute approximate surface area is 158 Å². The summed E-state index contributed by atoms with van der Waals surface area (Å²) < 4.78 is 37.6. The zero-order valence-corrected chi connectivity index (χ0v) is 15.6. The van der Waals surface area contributed by atoms with Gasteiger partial charge < -0.3 is 10.6 Å². The molecule has 1 aliphatic heterocycles. The first-order valence-electron chi connectivity index (χ1n) is 7.71. The summed E-state index contributed by atoms with van der Waals surface area (Å²) in [6.45, 7) is 2.80. The van der Waals surface area contributed by atoms with E-state index in [1.165, 1.54) is 12.1 Å². The highest BCUT2D eigenvalue weighted by molar-refractivity contribution is 5.85. The number of likely N-dealkylation sites (tertiary alicyclic amines) is 1. The highest BCUT2D eigenvalue weighted by Crippen LogP contribution is 2.29. The second kappa shape index (κ2) is 10.9. The Kier molecular flexibility index (Phi) is 10.4. The summed E-state index contributed by atoms with van der Waals surface area (Å²) in [6.07, 6.45) is -2.98. The number of nitrogens with zero attached hydrogens (tertiary/aromatic N) is 1. The highest BCUT2D eigenvalue weighted by atomic mass is 35.5. The first-order valence-corrected chi connectivity index (χ1v) is 7.71. The van der Waals surface area contributed by atoms with Crippen molar-refractivity contribution in [2.75, 3.05) is 26.7 Å². The molecule has 1 fully saturated rings. The van der Waals surface area contributed by atoms with Crippen molar-refractivity contribution in [1.82, 2.24) is 15.5 Å². The summed E-state index contributed by atoms with van der Waals surface area (Å²) in [6, 6.07) is 5.38. The smallest absolute Gasteiger partial charge is 0.352 e. The predicted octanol–water partition coefficient (Wildman–Crippen LogP) is 2.85. The maximum absolute atomic E-state index is 12.5. The third-order valence-electron chi connectivity index (χ3n) is 3.93. The van der Waals surface area contributed by atoms with E-state index >= 15 is 0 Å². The molecule has 2 rings (SSSR count). The number of halogens is 5. The van der Waals surface area contributed by atoms with Crippen LogP contribution in [0.1, 0.15) is 24.0 Å². The van der Waals surface area contributed by atoms with Gasteiger partial charge in [-0.1, -0.05) is 12.1 Å². The van der Waals surface area contributed by atoms with E-state index in [0.29, 0.717) is 19.5 Å². The maximum atomic E-state index is 12.5. The van der Waals surface area contributed by atoms with Gasteiger partial charge in [0.05, 0.1) is 5.56 Å². The van der Waals surface area contributed by atoms with Gasteiger partial charge in [-0.15, -0.1) is 24.8 Å². The average molecular weight is 402 g/mol. The van der Waals surface area contributed by atoms with Gasteiger partial charge in [0, 0.05) is 38.6 Å². The third kappa shape index (κ3) is 7.81. The minimum Gasteiger partial charge on any atom is -0.352 e. The lowest BCUT2D eigenvalue weighted by molar-refractivity contribution is -0.137. The van der Waals surface area contributed by atoms with E-state index in [2.05, 4.69) is 15.5 Å². The molecule has 144 valence electrons. The van der Waals surface area contributed by atoms with Gasteiger partial charge in [-0.05, 0) is 31.2 Å². The Morgan fingerprint density at radius 2 is 1.88 bits per heavy atom. The van der Waals surface area contributed by atoms with Gasteiger partial charge in [-0.3, -0.25) is 9.69 Å². The summed E-state index contributed by atoms with van der Waals surface area (Å²) in [4.78, 5) is 13.8. The standard InChI is InChI=1S/C16H22F3N3O.2ClH/c1-20-8-6-15(23)21-14-7-9-22(11-14)10-12-2-4-13(5-3-12)16(17,18)19;;/h2-5,14,20H,6-11H2,1H3,(H,21,23);2*1H. The van der Waals surface area contributed by atoms with Crippen molar-refractivity contribution in [3.05, 3.63) is 35.4 Å². The fourth-order valence-corrected chi connectivity index (χ4v) is 2.69. The second-order valence-corrected chi connectivity index (χ2v) is 5.84. The molecule has 4 nitrogen and oxygen atoms in total. The Morgan fingerprint density at radius 3 is 2.44 bits per heavy atom. The summed E-state index contributed by atoms with van der Waals surface area (Å²) in [5.41, 5.74) is 0.220. The first-order chi connectivity index (χ1) is 10.9. The molecule has 1 aromatic rings. The summed E-state index contributed by atoms with van der Waals surface area (Å²) >= 11 is 0. The lowest BCUT2D eigenvalue weighted by Crippen LogP contribution is -2.37. The Morgan fingerprint density at radius 1 is 1.24 bits per heavy atom. The lowest BCUT2D eigenvalue weighted by atomic mass is 10.1. The van der Waals surface area contributed by atoms with Crippen molar-refractivity contribution in [1.29, 1.82) is 0 Å². The first kappa shape index (κ1) is 24.0. The maximum Gasteiger partial charge on any atom is 0.416 e. The molecule has 0 spiro atoms. The van der Waals surface area contributed by atoms with Crippen molar-refractivity contribution in [2.24, 2.45) is 0 Å². The van der Waals surface area contributed by atoms with E-state index < -0.39 is 11.7 Å². The van der Waals surface area contributed by atoms with Crippen LogP contribution in [0.25, 0.3) is 0 Å². The van der Waals surface area contributed by atoms with Gasteiger partial charge in [0.15, 0.2) is 0 Å². The number of benzene rings is 1. The van der Waals surface area contributed by atoms with Crippen LogP contribution >= 0.6 is 24.8 Å². The second-order valence-electron chi connectivity index (χ2n) is 5.84. The lowest BCUT2D eigenvalue weighted by Gasteiger charge is -2.17. The minimum absolute atomic E-state index is 0. The van der Waals surface area contributed by atoms with Crippen LogP contribution in [0.5, 0.6) is 0 Å². The third-order valence-corrected chi connectivity index (χ3v) is 3.93. The molecular formula is C16H24Cl2F3N3O. The van der Waals surface area contributed by atoms with Crippen LogP contribution in [0.2, 0.25) is 0 Å². The molecule has 0 radical (unpaired) electrons. The van der Waals surface area contributed by atoms with Crippen molar-refractivity contribution >= 4 is 30.7 Å². The summed E-state index contributed by atoms with van der Waals surface area (Å²) in [5, 5.41) is 5.92. The van der Waals surface area contributed by atoms with Crippen molar-refractivity contribution in [3.8, 4) is 0 Å². The van der Waals surface area contributed by atoms with Crippen LogP contribution in [-0.4, -0.2) is 43.5 Å². The zero-order chi connectivity index (χ0) is 16.9. The van der Waals surface area contributed by atoms with Crippen molar-refractivity contribution in [3.63, 3.8) is 0 Å². The Balaban J connectivity index is 0.00000288. The van der Waals surface area contributed by atoms with Gasteiger partial charge in [0.1, 0.15) is 0 Å². The van der Waals surface area contributed by atoms with Gasteiger partial charge in [-0.2, -0.15) is 13.2 Å². The molecule has 9 heteroatoms. The van der Waals surface area contributed by atoms with Crippen LogP contribution < -0.4 is 10.6 Å². The molecule has 0 bridgehead atoms. The van der Waals surface area contributed by atoms with Gasteiger partial charge in [-0.25, -0.2) is 0 Å². The number of carbonyl (C=O) groups excluding carboxylic acids is 1. The van der Waals surface area contributed by atoms with Crippen molar-refractivity contribution in [2.45, 2.75) is 31.6 Å². The Hall–Kier alpha value is -1.02. The molecular weight excluding hydrogens is 378 g/mol. The molecule has 1 aliphatic rings. The molecule has 1 amide bonds. The fourth-order valence-electron chi connectivity index (χ4n) is 2.69. The normalized spacial score (nSPS) is 17.5. The monoisotopic (exact) mass is 401 g/mol. The number of hydrogen-bond donors (Lipinski definition) is 2. The van der Waals surface area contributed by atoms with Crippen LogP contribution in [0.3, 0.4) is 0 Å². The zero-order valence-electron chi connectivity index (χ0n) is 13.9. The summed E-state index contributed by atoms with van der Waals surface area (Å²) in [5.74, 6) is 0.0285. The van der Waals surface area contributed by atoms with Crippen LogP contribution in [0.4, 0.5) is 13.2 Å². The number of rotatable bonds is 6. The van der Waals surface area contributed by atoms with Gasteiger partial charge in [0.2, 0.25) is 5.91 Å². The van der Waals surface area contributed by atoms with E-state index in [1.54, 1.807) is 7.05 Å². The molecule has 2 N–H and O–H groups in total. The van der Waals surface area contributed by atoms with Gasteiger partial charge >= 0.3 is 6.18 Å². The molecule has 1 saturated heterocycles. The van der Waals surface area contributed by atoms with Crippen molar-refractivity contribution < 1.29 is 18.0 Å². The Bertz CT molecular complexity index is 526. The topological polar surface area (TPSA) is 44.4 Å². The van der Waals surface area contributed by atoms with E-state index in [1.807, 2.05) is 0 Å². The number of alkyl halides is 3. The van der Waals surface area contributed by atoms with Crippen LogP contribution in [-0.2, 0) is 17.5 Å². The molecule has 1 aromatic carbocycles. The molecule has 1 unspecified atom stereocenters. The molecule has 1 atom stereocenters. The summed E-state index contributed by atoms with van der Waals surface area (Å²) in [7, 11) is 1.80. The number of nitrogens with one attached hydrogen (secondary N) is 2. The van der Waals surface area contributed by atoms with E-state index in [9.17, 15) is 18.0 Å². The van der Waals surface area contributed by atoms with E-state index in [4.69, 9.17) is 0 Å². The number of amides is 1. The minimum atomic E-state index is -4.30. The predicted molar refractivity (Wildman–Crippen MR) is 96.3 cm³/mol. The number of carbonyl (C=O) groups is 1. The molecule has 0 aliphatic carbocycles. The average Bonchev–Trinajstić information content (AvgIpc) is 2.91. The van der Waals surface area contributed by atoms with Crippen LogP contribution in [0, 0.1) is 0 Å². The largest absolute Gasteiger partial charge is 0.416 e. The SMILES string of the molecule is CNCCC(=O)NC1CCN(Cc2ccc(C(F)(F)F)cc2)C1.Cl.Cl. The molecule has 1 heterocycles. The molecule has 25 heavy (non-hydrogen) atoms. The quantitative estimate of drug-likeness (QED) is 0.770. The fraction of sp³-hybridized carbons (Fsp3) is 0.562. The van der Waals surface area contributed by atoms with E-state index in [-0.39, 0.29) is 36.8 Å². The van der Waals surface area contributed by atoms with Gasteiger partial charge in [0.25, 0.3) is 0 Å². The molecule has 0 aromatic heterocycles. The van der Waals surface area contributed by atoms with E-state index in [0.717, 1.165) is 37.2 Å². The highest BCUT2D eigenvalue weighted by Gasteiger charge is 2.30.